The van der Waals surface area contributed by atoms with E-state index >= 15 is 0 Å². The van der Waals surface area contributed by atoms with Crippen molar-refractivity contribution in [1.29, 1.82) is 0 Å². The largest absolute Gasteiger partial charge is 0.391 e. The van der Waals surface area contributed by atoms with Crippen LogP contribution in [0.25, 0.3) is 0 Å². The molecule has 0 aromatic heterocycles. The van der Waals surface area contributed by atoms with E-state index in [1.807, 2.05) is 74.5 Å². The lowest BCUT2D eigenvalue weighted by atomic mass is 10.2. The van der Waals surface area contributed by atoms with Gasteiger partial charge in [0.2, 0.25) is 0 Å². The van der Waals surface area contributed by atoms with Crippen molar-refractivity contribution < 1.29 is 9.68 Å². The molecule has 4 heteroatoms. The maximum Gasteiger partial charge on any atom is 0.142 e. The summed E-state index contributed by atoms with van der Waals surface area (Å²) in [5, 5.41) is 8.28. The maximum absolute atomic E-state index is 5.37. The van der Waals surface area contributed by atoms with Crippen LogP contribution < -0.4 is 0 Å². The lowest BCUT2D eigenvalue weighted by Gasteiger charge is -2.04. The lowest BCUT2D eigenvalue weighted by molar-refractivity contribution is 0.129. The van der Waals surface area contributed by atoms with E-state index in [4.69, 9.17) is 9.68 Å². The predicted molar refractivity (Wildman–Crippen MR) is 97.9 cm³/mol. The third-order valence-corrected chi connectivity index (χ3v) is 3.44. The van der Waals surface area contributed by atoms with Gasteiger partial charge in [-0.25, -0.2) is 0 Å². The third-order valence-electron chi connectivity index (χ3n) is 3.44. The molecular formula is C20H24N2O2. The standard InChI is InChI=1S/C20H24N2O2/c1-17(21-23-15-19-9-5-3-6-10-19)13-14-18(2)22-24-16-20-11-7-4-8-12-20/h3-12H,13-16H2,1-2H3/b21-17+,22-18+. The van der Waals surface area contributed by atoms with Gasteiger partial charge in [-0.1, -0.05) is 71.0 Å². The number of rotatable bonds is 9. The van der Waals surface area contributed by atoms with Gasteiger partial charge in [0.05, 0.1) is 11.4 Å². The number of nitrogens with zero attached hydrogens (tertiary/aromatic N) is 2. The van der Waals surface area contributed by atoms with Crippen LogP contribution in [0.2, 0.25) is 0 Å². The molecule has 0 heterocycles. The van der Waals surface area contributed by atoms with E-state index in [1.54, 1.807) is 0 Å². The van der Waals surface area contributed by atoms with Gasteiger partial charge in [0.15, 0.2) is 0 Å². The van der Waals surface area contributed by atoms with Crippen molar-refractivity contribution in [1.82, 2.24) is 0 Å². The van der Waals surface area contributed by atoms with E-state index in [-0.39, 0.29) is 0 Å². The minimum Gasteiger partial charge on any atom is -0.391 e. The zero-order valence-electron chi connectivity index (χ0n) is 14.3. The van der Waals surface area contributed by atoms with Gasteiger partial charge in [-0.2, -0.15) is 0 Å². The van der Waals surface area contributed by atoms with Crippen LogP contribution in [0.3, 0.4) is 0 Å². The lowest BCUT2D eigenvalue weighted by Crippen LogP contribution is -2.00. The molecule has 126 valence electrons. The SMILES string of the molecule is C/C(CC/C(C)=N/OCc1ccccc1)=N\OCc1ccccc1. The Bertz CT molecular complexity index is 592. The fourth-order valence-corrected chi connectivity index (χ4v) is 2.04. The highest BCUT2D eigenvalue weighted by atomic mass is 16.6. The Kier molecular flexibility index (Phi) is 7.54. The van der Waals surface area contributed by atoms with E-state index in [0.717, 1.165) is 35.4 Å². The average Bonchev–Trinajstić information content (AvgIpc) is 2.62. The minimum atomic E-state index is 0.492. The van der Waals surface area contributed by atoms with Gasteiger partial charge in [-0.3, -0.25) is 0 Å². The Hall–Kier alpha value is -2.62. The highest BCUT2D eigenvalue weighted by molar-refractivity contribution is 5.88. The Labute approximate surface area is 143 Å². The van der Waals surface area contributed by atoms with Crippen molar-refractivity contribution in [3.8, 4) is 0 Å². The van der Waals surface area contributed by atoms with Crippen molar-refractivity contribution in [3.63, 3.8) is 0 Å². The molecule has 0 aliphatic carbocycles. The van der Waals surface area contributed by atoms with E-state index in [2.05, 4.69) is 10.3 Å². The molecule has 0 fully saturated rings. The average molecular weight is 324 g/mol. The Morgan fingerprint density at radius 1 is 0.667 bits per heavy atom. The summed E-state index contributed by atoms with van der Waals surface area (Å²) in [5.74, 6) is 0. The van der Waals surface area contributed by atoms with Gasteiger partial charge in [0, 0.05) is 0 Å². The highest BCUT2D eigenvalue weighted by Crippen LogP contribution is 2.04. The Morgan fingerprint density at radius 3 is 1.42 bits per heavy atom. The van der Waals surface area contributed by atoms with Gasteiger partial charge in [0.1, 0.15) is 13.2 Å². The molecule has 4 nitrogen and oxygen atoms in total. The molecule has 24 heavy (non-hydrogen) atoms. The van der Waals surface area contributed by atoms with E-state index in [0.29, 0.717) is 13.2 Å². The summed E-state index contributed by atoms with van der Waals surface area (Å²) in [7, 11) is 0. The second-order valence-electron chi connectivity index (χ2n) is 5.67. The van der Waals surface area contributed by atoms with Gasteiger partial charge in [-0.15, -0.1) is 0 Å². The topological polar surface area (TPSA) is 43.2 Å². The Morgan fingerprint density at radius 2 is 1.04 bits per heavy atom. The zero-order valence-corrected chi connectivity index (χ0v) is 14.3. The summed E-state index contributed by atoms with van der Waals surface area (Å²) in [6.07, 6.45) is 1.61. The maximum atomic E-state index is 5.37. The fraction of sp³-hybridized carbons (Fsp3) is 0.300. The summed E-state index contributed by atoms with van der Waals surface area (Å²) in [5.41, 5.74) is 4.12. The molecule has 2 aromatic carbocycles. The summed E-state index contributed by atoms with van der Waals surface area (Å²) in [4.78, 5) is 10.7. The molecule has 0 unspecified atom stereocenters. The van der Waals surface area contributed by atoms with Crippen molar-refractivity contribution in [2.45, 2.75) is 39.9 Å². The molecule has 0 N–H and O–H groups in total. The van der Waals surface area contributed by atoms with E-state index in [1.165, 1.54) is 0 Å². The number of oxime groups is 2. The molecule has 0 atom stereocenters. The smallest absolute Gasteiger partial charge is 0.142 e. The van der Waals surface area contributed by atoms with Crippen LogP contribution in [0, 0.1) is 0 Å². The molecule has 2 rings (SSSR count). The molecule has 0 aliphatic heterocycles. The molecular weight excluding hydrogens is 300 g/mol. The number of hydrogen-bond donors (Lipinski definition) is 0. The molecule has 2 aromatic rings. The van der Waals surface area contributed by atoms with Gasteiger partial charge < -0.3 is 9.68 Å². The predicted octanol–water partition coefficient (Wildman–Crippen LogP) is 4.95. The first-order valence-corrected chi connectivity index (χ1v) is 8.13. The van der Waals surface area contributed by atoms with Crippen molar-refractivity contribution in [2.24, 2.45) is 10.3 Å². The van der Waals surface area contributed by atoms with E-state index in [9.17, 15) is 0 Å². The molecule has 0 radical (unpaired) electrons. The molecule has 0 spiro atoms. The van der Waals surface area contributed by atoms with Crippen LogP contribution >= 0.6 is 0 Å². The number of benzene rings is 2. The summed E-state index contributed by atoms with van der Waals surface area (Å²) in [6, 6.07) is 20.0. The fourth-order valence-electron chi connectivity index (χ4n) is 2.04. The van der Waals surface area contributed by atoms with Crippen LogP contribution in [-0.4, -0.2) is 11.4 Å². The monoisotopic (exact) mass is 324 g/mol. The van der Waals surface area contributed by atoms with Crippen molar-refractivity contribution in [3.05, 3.63) is 71.8 Å². The second-order valence-corrected chi connectivity index (χ2v) is 5.67. The van der Waals surface area contributed by atoms with Gasteiger partial charge >= 0.3 is 0 Å². The van der Waals surface area contributed by atoms with Crippen LogP contribution in [-0.2, 0) is 22.9 Å². The summed E-state index contributed by atoms with van der Waals surface area (Å²) < 4.78 is 0. The highest BCUT2D eigenvalue weighted by Gasteiger charge is 1.98. The van der Waals surface area contributed by atoms with Crippen molar-refractivity contribution in [2.75, 3.05) is 0 Å². The summed E-state index contributed by atoms with van der Waals surface area (Å²) >= 11 is 0. The normalized spacial score (nSPS) is 12.1. The Balaban J connectivity index is 1.65. The number of hydrogen-bond acceptors (Lipinski definition) is 4. The third kappa shape index (κ3) is 7.09. The second kappa shape index (κ2) is 10.2. The first-order chi connectivity index (χ1) is 11.7. The van der Waals surface area contributed by atoms with Crippen LogP contribution in [0.4, 0.5) is 0 Å². The summed E-state index contributed by atoms with van der Waals surface area (Å²) in [6.45, 7) is 4.91. The van der Waals surface area contributed by atoms with E-state index < -0.39 is 0 Å². The van der Waals surface area contributed by atoms with Crippen LogP contribution in [0.5, 0.6) is 0 Å². The molecule has 0 saturated carbocycles. The van der Waals surface area contributed by atoms with Gasteiger partial charge in [0.25, 0.3) is 0 Å². The minimum absolute atomic E-state index is 0.492. The molecule has 0 saturated heterocycles. The zero-order chi connectivity index (χ0) is 17.0. The van der Waals surface area contributed by atoms with Gasteiger partial charge in [-0.05, 0) is 37.8 Å². The molecule has 0 bridgehead atoms. The van der Waals surface area contributed by atoms with Crippen molar-refractivity contribution >= 4 is 11.4 Å². The van der Waals surface area contributed by atoms with Crippen LogP contribution in [0.15, 0.2) is 71.0 Å². The molecule has 0 amide bonds. The quantitative estimate of drug-likeness (QED) is 0.484. The molecule has 0 aliphatic rings. The van der Waals surface area contributed by atoms with Crippen LogP contribution in [0.1, 0.15) is 37.8 Å². The first-order valence-electron chi connectivity index (χ1n) is 8.13. The first kappa shape index (κ1) is 17.7.